The number of nitrogen functional groups attached to an aromatic ring is 2. The SMILES string of the molecule is COc1ccc(OC)c(CCc2cc3c(N)nc(N)nc3s2)c1. The molecule has 3 rings (SSSR count). The van der Waals surface area contributed by atoms with E-state index in [9.17, 15) is 0 Å². The normalized spacial score (nSPS) is 10.9. The van der Waals surface area contributed by atoms with Crippen LogP contribution in [0.25, 0.3) is 10.2 Å². The van der Waals surface area contributed by atoms with E-state index in [1.165, 1.54) is 4.88 Å². The molecule has 0 aliphatic rings. The van der Waals surface area contributed by atoms with Gasteiger partial charge in [-0.05, 0) is 42.7 Å². The third kappa shape index (κ3) is 3.14. The zero-order chi connectivity index (χ0) is 16.4. The number of anilines is 2. The Morgan fingerprint density at radius 1 is 1.04 bits per heavy atom. The average Bonchev–Trinajstić information content (AvgIpc) is 2.95. The highest BCUT2D eigenvalue weighted by Crippen LogP contribution is 2.30. The first kappa shape index (κ1) is 15.4. The van der Waals surface area contributed by atoms with Crippen LogP contribution in [-0.4, -0.2) is 24.2 Å². The van der Waals surface area contributed by atoms with Gasteiger partial charge in [-0.25, -0.2) is 4.98 Å². The molecular weight excluding hydrogens is 312 g/mol. The minimum Gasteiger partial charge on any atom is -0.497 e. The van der Waals surface area contributed by atoms with Gasteiger partial charge in [0, 0.05) is 4.88 Å². The molecule has 4 N–H and O–H groups in total. The summed E-state index contributed by atoms with van der Waals surface area (Å²) >= 11 is 1.59. The molecule has 0 aliphatic heterocycles. The number of benzene rings is 1. The summed E-state index contributed by atoms with van der Waals surface area (Å²) in [5, 5.41) is 0.858. The average molecular weight is 330 g/mol. The Labute approximate surface area is 138 Å². The second kappa shape index (κ2) is 6.29. The first-order valence-corrected chi connectivity index (χ1v) is 7.94. The molecule has 0 bridgehead atoms. The highest BCUT2D eigenvalue weighted by Gasteiger charge is 2.10. The van der Waals surface area contributed by atoms with E-state index in [0.717, 1.165) is 40.1 Å². The van der Waals surface area contributed by atoms with Gasteiger partial charge in [0.25, 0.3) is 0 Å². The summed E-state index contributed by atoms with van der Waals surface area (Å²) < 4.78 is 10.7. The minimum atomic E-state index is 0.206. The van der Waals surface area contributed by atoms with E-state index in [-0.39, 0.29) is 5.95 Å². The maximum Gasteiger partial charge on any atom is 0.223 e. The molecule has 0 spiro atoms. The van der Waals surface area contributed by atoms with Gasteiger partial charge in [-0.3, -0.25) is 0 Å². The number of nitrogens with two attached hydrogens (primary N) is 2. The zero-order valence-corrected chi connectivity index (χ0v) is 13.8. The van der Waals surface area contributed by atoms with Crippen LogP contribution < -0.4 is 20.9 Å². The smallest absolute Gasteiger partial charge is 0.223 e. The maximum atomic E-state index is 5.90. The van der Waals surface area contributed by atoms with E-state index >= 15 is 0 Å². The minimum absolute atomic E-state index is 0.206. The van der Waals surface area contributed by atoms with Crippen LogP contribution in [0.4, 0.5) is 11.8 Å². The number of hydrogen-bond donors (Lipinski definition) is 2. The number of ether oxygens (including phenoxy) is 2. The Hall–Kier alpha value is -2.54. The van der Waals surface area contributed by atoms with Crippen LogP contribution in [0.15, 0.2) is 24.3 Å². The number of rotatable bonds is 5. The van der Waals surface area contributed by atoms with Crippen LogP contribution in [0.1, 0.15) is 10.4 Å². The summed E-state index contributed by atoms with van der Waals surface area (Å²) in [7, 11) is 3.33. The number of nitrogens with zero attached hydrogens (tertiary/aromatic N) is 2. The molecule has 0 fully saturated rings. The second-order valence-electron chi connectivity index (χ2n) is 5.08. The van der Waals surface area contributed by atoms with Gasteiger partial charge in [-0.2, -0.15) is 4.98 Å². The quantitative estimate of drug-likeness (QED) is 0.746. The van der Waals surface area contributed by atoms with Crippen LogP contribution in [0, 0.1) is 0 Å². The van der Waals surface area contributed by atoms with Gasteiger partial charge in [-0.1, -0.05) is 0 Å². The number of aryl methyl sites for hydroxylation is 2. The van der Waals surface area contributed by atoms with Crippen molar-refractivity contribution in [2.24, 2.45) is 0 Å². The molecule has 2 aromatic heterocycles. The third-order valence-corrected chi connectivity index (χ3v) is 4.71. The number of aromatic nitrogens is 2. The summed E-state index contributed by atoms with van der Waals surface area (Å²) in [6, 6.07) is 7.84. The molecule has 120 valence electrons. The van der Waals surface area contributed by atoms with Gasteiger partial charge in [-0.15, -0.1) is 11.3 Å². The lowest BCUT2D eigenvalue weighted by molar-refractivity contribution is 0.398. The fourth-order valence-electron chi connectivity index (χ4n) is 2.47. The molecular formula is C16H18N4O2S. The largest absolute Gasteiger partial charge is 0.497 e. The molecule has 0 unspecified atom stereocenters. The van der Waals surface area contributed by atoms with Crippen LogP contribution >= 0.6 is 11.3 Å². The van der Waals surface area contributed by atoms with Crippen molar-refractivity contribution in [2.45, 2.75) is 12.8 Å². The van der Waals surface area contributed by atoms with E-state index in [1.807, 2.05) is 24.3 Å². The molecule has 0 atom stereocenters. The van der Waals surface area contributed by atoms with Crippen LogP contribution in [-0.2, 0) is 12.8 Å². The molecule has 7 heteroatoms. The van der Waals surface area contributed by atoms with Crippen molar-refractivity contribution < 1.29 is 9.47 Å². The summed E-state index contributed by atoms with van der Waals surface area (Å²) in [4.78, 5) is 10.2. The summed E-state index contributed by atoms with van der Waals surface area (Å²) in [5.74, 6) is 2.31. The topological polar surface area (TPSA) is 96.3 Å². The molecule has 0 saturated carbocycles. The van der Waals surface area contributed by atoms with E-state index in [2.05, 4.69) is 9.97 Å². The zero-order valence-electron chi connectivity index (χ0n) is 13.0. The van der Waals surface area contributed by atoms with Gasteiger partial charge in [0.05, 0.1) is 19.6 Å². The first-order chi connectivity index (χ1) is 11.1. The Kier molecular flexibility index (Phi) is 4.20. The van der Waals surface area contributed by atoms with Crippen molar-refractivity contribution >= 4 is 33.3 Å². The lowest BCUT2D eigenvalue weighted by atomic mass is 10.1. The van der Waals surface area contributed by atoms with Crippen molar-refractivity contribution in [3.63, 3.8) is 0 Å². The molecule has 6 nitrogen and oxygen atoms in total. The predicted octanol–water partition coefficient (Wildman–Crippen LogP) is 2.66. The van der Waals surface area contributed by atoms with Gasteiger partial charge in [0.2, 0.25) is 5.95 Å². The van der Waals surface area contributed by atoms with Crippen LogP contribution in [0.5, 0.6) is 11.5 Å². The Bertz CT molecular complexity index is 847. The number of fused-ring (bicyclic) bond motifs is 1. The molecule has 1 aromatic carbocycles. The summed E-state index contributed by atoms with van der Waals surface area (Å²) in [6.45, 7) is 0. The molecule has 0 radical (unpaired) electrons. The van der Waals surface area contributed by atoms with Crippen LogP contribution in [0.3, 0.4) is 0 Å². The molecule has 23 heavy (non-hydrogen) atoms. The van der Waals surface area contributed by atoms with E-state index in [1.54, 1.807) is 25.6 Å². The van der Waals surface area contributed by atoms with Crippen molar-refractivity contribution in [3.05, 3.63) is 34.7 Å². The lowest BCUT2D eigenvalue weighted by Crippen LogP contribution is -1.98. The van der Waals surface area contributed by atoms with E-state index < -0.39 is 0 Å². The third-order valence-electron chi connectivity index (χ3n) is 3.62. The van der Waals surface area contributed by atoms with Crippen molar-refractivity contribution in [1.82, 2.24) is 9.97 Å². The number of methoxy groups -OCH3 is 2. The van der Waals surface area contributed by atoms with Gasteiger partial charge in [0.15, 0.2) is 0 Å². The van der Waals surface area contributed by atoms with Crippen molar-refractivity contribution in [1.29, 1.82) is 0 Å². The van der Waals surface area contributed by atoms with Crippen molar-refractivity contribution in [2.75, 3.05) is 25.7 Å². The second-order valence-corrected chi connectivity index (χ2v) is 6.19. The Balaban J connectivity index is 1.84. The molecule has 2 heterocycles. The fourth-order valence-corrected chi connectivity index (χ4v) is 3.51. The lowest BCUT2D eigenvalue weighted by Gasteiger charge is -2.09. The highest BCUT2D eigenvalue weighted by molar-refractivity contribution is 7.18. The molecule has 3 aromatic rings. The fraction of sp³-hybridized carbons (Fsp3) is 0.250. The monoisotopic (exact) mass is 330 g/mol. The van der Waals surface area contributed by atoms with Gasteiger partial charge < -0.3 is 20.9 Å². The molecule has 0 aliphatic carbocycles. The van der Waals surface area contributed by atoms with Crippen LogP contribution in [0.2, 0.25) is 0 Å². The standard InChI is InChI=1S/C16H18N4O2S/c1-21-10-4-6-13(22-2)9(7-10)3-5-11-8-12-14(17)19-16(18)20-15(12)23-11/h4,6-8H,3,5H2,1-2H3,(H4,17,18,19,20). The predicted molar refractivity (Wildman–Crippen MR) is 93.2 cm³/mol. The van der Waals surface area contributed by atoms with E-state index in [4.69, 9.17) is 20.9 Å². The Morgan fingerprint density at radius 2 is 1.87 bits per heavy atom. The summed E-state index contributed by atoms with van der Waals surface area (Å²) in [6.07, 6.45) is 1.68. The number of thiophene rings is 1. The molecule has 0 saturated heterocycles. The molecule has 0 amide bonds. The van der Waals surface area contributed by atoms with E-state index in [0.29, 0.717) is 5.82 Å². The number of hydrogen-bond acceptors (Lipinski definition) is 7. The first-order valence-electron chi connectivity index (χ1n) is 7.13. The summed E-state index contributed by atoms with van der Waals surface area (Å²) in [5.41, 5.74) is 12.6. The van der Waals surface area contributed by atoms with Crippen molar-refractivity contribution in [3.8, 4) is 11.5 Å². The van der Waals surface area contributed by atoms with Gasteiger partial charge >= 0.3 is 0 Å². The van der Waals surface area contributed by atoms with Gasteiger partial charge in [0.1, 0.15) is 22.1 Å². The maximum absolute atomic E-state index is 5.90. The highest BCUT2D eigenvalue weighted by atomic mass is 32.1. The Morgan fingerprint density at radius 3 is 2.61 bits per heavy atom.